The number of nitrogens with zero attached hydrogens (tertiary/aromatic N) is 2. The maximum atomic E-state index is 5.52. The lowest BCUT2D eigenvalue weighted by Crippen LogP contribution is -1.98. The van der Waals surface area contributed by atoms with Crippen LogP contribution in [0.3, 0.4) is 0 Å². The lowest BCUT2D eigenvalue weighted by molar-refractivity contribution is 0.292. The number of aryl methyl sites for hydroxylation is 2. The van der Waals surface area contributed by atoms with Gasteiger partial charge in [-0.3, -0.25) is 0 Å². The van der Waals surface area contributed by atoms with E-state index >= 15 is 0 Å². The molecular weight excluding hydrogens is 208 g/mol. The molecule has 0 saturated heterocycles. The van der Waals surface area contributed by atoms with Crippen LogP contribution in [0.4, 0.5) is 0 Å². The predicted molar refractivity (Wildman–Crippen MR) is 60.2 cm³/mol. The average Bonchev–Trinajstić information content (AvgIpc) is 2.63. The molecule has 0 aliphatic heterocycles. The quantitative estimate of drug-likeness (QED) is 0.797. The van der Waals surface area contributed by atoms with Gasteiger partial charge in [-0.1, -0.05) is 0 Å². The van der Waals surface area contributed by atoms with Crippen LogP contribution in [-0.4, -0.2) is 10.2 Å². The van der Waals surface area contributed by atoms with E-state index in [1.165, 1.54) is 10.4 Å². The molecule has 0 fully saturated rings. The molecule has 0 aromatic carbocycles. The van der Waals surface area contributed by atoms with Gasteiger partial charge in [0.25, 0.3) is 0 Å². The third-order valence-electron chi connectivity index (χ3n) is 2.09. The Hall–Kier alpha value is -1.42. The molecule has 4 heteroatoms. The highest BCUT2D eigenvalue weighted by molar-refractivity contribution is 7.10. The topological polar surface area (TPSA) is 35.0 Å². The van der Waals surface area contributed by atoms with E-state index in [0.29, 0.717) is 12.5 Å². The molecular formula is C11H12N2OS. The fourth-order valence-corrected chi connectivity index (χ4v) is 1.97. The molecule has 2 aromatic rings. The number of aromatic nitrogens is 2. The van der Waals surface area contributed by atoms with Crippen molar-refractivity contribution in [2.75, 3.05) is 0 Å². The number of hydrogen-bond acceptors (Lipinski definition) is 4. The molecule has 0 aliphatic rings. The van der Waals surface area contributed by atoms with Gasteiger partial charge in [-0.05, 0) is 36.9 Å². The zero-order valence-electron chi connectivity index (χ0n) is 8.73. The molecule has 0 unspecified atom stereocenters. The minimum atomic E-state index is 0.571. The molecule has 2 aromatic heterocycles. The molecule has 0 spiro atoms. The summed E-state index contributed by atoms with van der Waals surface area (Å²) < 4.78 is 5.52. The Kier molecular flexibility index (Phi) is 2.97. The lowest BCUT2D eigenvalue weighted by Gasteiger charge is -2.03. The zero-order valence-corrected chi connectivity index (χ0v) is 9.54. The van der Waals surface area contributed by atoms with E-state index in [1.54, 1.807) is 11.3 Å². The zero-order chi connectivity index (χ0) is 10.7. The number of rotatable bonds is 3. The normalized spacial score (nSPS) is 10.3. The third kappa shape index (κ3) is 2.53. The van der Waals surface area contributed by atoms with Crippen LogP contribution >= 0.6 is 11.3 Å². The number of thiophene rings is 1. The first-order valence-electron chi connectivity index (χ1n) is 4.72. The first kappa shape index (κ1) is 10.1. The highest BCUT2D eigenvalue weighted by Gasteiger charge is 2.01. The number of hydrogen-bond donors (Lipinski definition) is 0. The summed E-state index contributed by atoms with van der Waals surface area (Å²) in [6, 6.07) is 5.82. The van der Waals surface area contributed by atoms with E-state index in [4.69, 9.17) is 4.74 Å². The highest BCUT2D eigenvalue weighted by atomic mass is 32.1. The van der Waals surface area contributed by atoms with Crippen molar-refractivity contribution in [3.8, 4) is 5.88 Å². The van der Waals surface area contributed by atoms with Crippen molar-refractivity contribution >= 4 is 11.3 Å². The average molecular weight is 220 g/mol. The van der Waals surface area contributed by atoms with Crippen LogP contribution in [0.25, 0.3) is 0 Å². The molecule has 0 saturated carbocycles. The van der Waals surface area contributed by atoms with Crippen molar-refractivity contribution in [1.82, 2.24) is 10.2 Å². The van der Waals surface area contributed by atoms with Gasteiger partial charge < -0.3 is 4.74 Å². The SMILES string of the molecule is Cc1ccc(OCc2sccc2C)nn1. The van der Waals surface area contributed by atoms with Crippen molar-refractivity contribution in [1.29, 1.82) is 0 Å². The van der Waals surface area contributed by atoms with E-state index in [-0.39, 0.29) is 0 Å². The maximum absolute atomic E-state index is 5.52. The van der Waals surface area contributed by atoms with E-state index in [2.05, 4.69) is 28.6 Å². The van der Waals surface area contributed by atoms with Crippen molar-refractivity contribution < 1.29 is 4.74 Å². The predicted octanol–water partition coefficient (Wildman–Crippen LogP) is 2.73. The molecule has 0 atom stereocenters. The standard InChI is InChI=1S/C11H12N2OS/c1-8-5-6-15-10(8)7-14-11-4-3-9(2)12-13-11/h3-6H,7H2,1-2H3. The van der Waals surface area contributed by atoms with E-state index in [0.717, 1.165) is 5.69 Å². The smallest absolute Gasteiger partial charge is 0.233 e. The van der Waals surface area contributed by atoms with Gasteiger partial charge in [0.2, 0.25) is 5.88 Å². The van der Waals surface area contributed by atoms with Crippen molar-refractivity contribution in [2.24, 2.45) is 0 Å². The molecule has 0 N–H and O–H groups in total. The Morgan fingerprint density at radius 2 is 2.07 bits per heavy atom. The first-order chi connectivity index (χ1) is 7.25. The second-order valence-corrected chi connectivity index (χ2v) is 4.33. The van der Waals surface area contributed by atoms with Gasteiger partial charge in [0.15, 0.2) is 0 Å². The van der Waals surface area contributed by atoms with Crippen LogP contribution in [0.5, 0.6) is 5.88 Å². The molecule has 0 aliphatic carbocycles. The molecule has 3 nitrogen and oxygen atoms in total. The third-order valence-corrected chi connectivity index (χ3v) is 3.09. The van der Waals surface area contributed by atoms with Crippen LogP contribution in [0.2, 0.25) is 0 Å². The summed E-state index contributed by atoms with van der Waals surface area (Å²) in [5.41, 5.74) is 2.16. The van der Waals surface area contributed by atoms with Crippen LogP contribution in [0.15, 0.2) is 23.6 Å². The second kappa shape index (κ2) is 4.40. The van der Waals surface area contributed by atoms with Gasteiger partial charge in [-0.2, -0.15) is 5.10 Å². The summed E-state index contributed by atoms with van der Waals surface area (Å²) >= 11 is 1.70. The highest BCUT2D eigenvalue weighted by Crippen LogP contribution is 2.17. The molecule has 0 amide bonds. The second-order valence-electron chi connectivity index (χ2n) is 3.33. The summed E-state index contributed by atoms with van der Waals surface area (Å²) in [7, 11) is 0. The summed E-state index contributed by atoms with van der Waals surface area (Å²) in [5.74, 6) is 0.577. The monoisotopic (exact) mass is 220 g/mol. The largest absolute Gasteiger partial charge is 0.471 e. The van der Waals surface area contributed by atoms with Crippen LogP contribution in [0, 0.1) is 13.8 Å². The molecule has 2 heterocycles. The fraction of sp³-hybridized carbons (Fsp3) is 0.273. The van der Waals surface area contributed by atoms with Crippen LogP contribution < -0.4 is 4.74 Å². The Morgan fingerprint density at radius 3 is 2.67 bits per heavy atom. The van der Waals surface area contributed by atoms with Gasteiger partial charge in [-0.15, -0.1) is 16.4 Å². The van der Waals surface area contributed by atoms with E-state index < -0.39 is 0 Å². The van der Waals surface area contributed by atoms with Crippen molar-refractivity contribution in [3.05, 3.63) is 39.7 Å². The van der Waals surface area contributed by atoms with Gasteiger partial charge in [0.1, 0.15) is 6.61 Å². The van der Waals surface area contributed by atoms with E-state index in [1.807, 2.05) is 19.1 Å². The summed E-state index contributed by atoms with van der Waals surface area (Å²) in [6.07, 6.45) is 0. The Balaban J connectivity index is 1.99. The summed E-state index contributed by atoms with van der Waals surface area (Å²) in [6.45, 7) is 4.55. The van der Waals surface area contributed by atoms with Gasteiger partial charge >= 0.3 is 0 Å². The minimum Gasteiger partial charge on any atom is -0.471 e. The lowest BCUT2D eigenvalue weighted by atomic mass is 10.3. The Morgan fingerprint density at radius 1 is 1.20 bits per heavy atom. The Labute approximate surface area is 92.7 Å². The van der Waals surface area contributed by atoms with Gasteiger partial charge in [0.05, 0.1) is 5.69 Å². The van der Waals surface area contributed by atoms with Gasteiger partial charge in [0, 0.05) is 10.9 Å². The van der Waals surface area contributed by atoms with Crippen molar-refractivity contribution in [2.45, 2.75) is 20.5 Å². The van der Waals surface area contributed by atoms with E-state index in [9.17, 15) is 0 Å². The molecule has 78 valence electrons. The molecule has 0 radical (unpaired) electrons. The first-order valence-corrected chi connectivity index (χ1v) is 5.60. The molecule has 2 rings (SSSR count). The van der Waals surface area contributed by atoms with Gasteiger partial charge in [-0.25, -0.2) is 0 Å². The maximum Gasteiger partial charge on any atom is 0.233 e. The summed E-state index contributed by atoms with van der Waals surface area (Å²) in [5, 5.41) is 9.93. The molecule has 0 bridgehead atoms. The minimum absolute atomic E-state index is 0.571. The van der Waals surface area contributed by atoms with Crippen LogP contribution in [0.1, 0.15) is 16.1 Å². The Bertz CT molecular complexity index is 436. The number of ether oxygens (including phenoxy) is 1. The molecule has 15 heavy (non-hydrogen) atoms. The van der Waals surface area contributed by atoms with Crippen LogP contribution in [-0.2, 0) is 6.61 Å². The fourth-order valence-electron chi connectivity index (χ4n) is 1.16. The summed E-state index contributed by atoms with van der Waals surface area (Å²) in [4.78, 5) is 1.23. The van der Waals surface area contributed by atoms with Crippen molar-refractivity contribution in [3.63, 3.8) is 0 Å².